The maximum Gasteiger partial charge on any atom is 0.221 e. The van der Waals surface area contributed by atoms with Gasteiger partial charge in [0.15, 0.2) is 5.58 Å². The number of para-hydroxylation sites is 2. The van der Waals surface area contributed by atoms with Gasteiger partial charge >= 0.3 is 0 Å². The Morgan fingerprint density at radius 3 is 1.44 bits per heavy atom. The molecule has 0 fully saturated rings. The molecule has 0 N–H and O–H groups in total. The van der Waals surface area contributed by atoms with Crippen molar-refractivity contribution in [1.82, 2.24) is 9.13 Å². The number of nitriles is 1. The first-order chi connectivity index (χ1) is 40.2. The first kappa shape index (κ1) is 45.5. The van der Waals surface area contributed by atoms with Gasteiger partial charge in [0.25, 0.3) is 0 Å². The minimum Gasteiger partial charge on any atom is -0.454 e. The van der Waals surface area contributed by atoms with Crippen molar-refractivity contribution in [3.63, 3.8) is 0 Å². The van der Waals surface area contributed by atoms with E-state index in [0.717, 1.165) is 125 Å². The number of thiophene rings is 2. The van der Waals surface area contributed by atoms with Crippen LogP contribution in [0.4, 0.5) is 5.69 Å². The van der Waals surface area contributed by atoms with Crippen molar-refractivity contribution >= 4 is 134 Å². The summed E-state index contributed by atoms with van der Waals surface area (Å²) in [5, 5.41) is 23.4. The molecular weight excluding hydrogens is 1020 g/mol. The van der Waals surface area contributed by atoms with Crippen LogP contribution in [0.3, 0.4) is 0 Å². The van der Waals surface area contributed by atoms with Gasteiger partial charge in [-0.05, 0) is 52.1 Å². The highest BCUT2D eigenvalue weighted by Crippen LogP contribution is 2.56. The summed E-state index contributed by atoms with van der Waals surface area (Å²) in [6, 6.07) is 88.4. The topological polar surface area (TPSA) is 51.1 Å². The van der Waals surface area contributed by atoms with Crippen LogP contribution in [0.15, 0.2) is 247 Å². The summed E-state index contributed by atoms with van der Waals surface area (Å²) in [7, 11) is 0. The molecule has 0 aliphatic heterocycles. The smallest absolute Gasteiger partial charge is 0.221 e. The van der Waals surface area contributed by atoms with Gasteiger partial charge in [0.2, 0.25) is 5.69 Å². The minimum absolute atomic E-state index is 0.372. The molecule has 17 aromatic rings. The highest BCUT2D eigenvalue weighted by atomic mass is 32.1. The second-order valence-electron chi connectivity index (χ2n) is 20.7. The summed E-state index contributed by atoms with van der Waals surface area (Å²) < 4.78 is 16.4. The fourth-order valence-corrected chi connectivity index (χ4v) is 15.7. The number of hydrogen-bond acceptors (Lipinski definition) is 4. The molecule has 7 heteroatoms. The average Bonchev–Trinajstić information content (AvgIpc) is 4.52. The Morgan fingerprint density at radius 2 is 0.827 bits per heavy atom. The Balaban J connectivity index is 1.15. The zero-order valence-electron chi connectivity index (χ0n) is 43.1. The van der Waals surface area contributed by atoms with E-state index in [1.54, 1.807) is 22.7 Å². The predicted octanol–water partition coefficient (Wildman–Crippen LogP) is 21.6. The Hall–Kier alpha value is -10.5. The summed E-state index contributed by atoms with van der Waals surface area (Å²) >= 11 is 3.53. The number of fused-ring (bicyclic) bond motifs is 18. The largest absolute Gasteiger partial charge is 0.454 e. The SMILES string of the molecule is [C-]#[N+]c1c(-c2ccccc2)c(-n2c3c(-c4ccccc4-c4ccccc4)cccc3c3ccc4c5ccccc5oc4c32)c(-c2ccccc2)c(C#N)c1-n1c2c(ccc3c4ccccc4sc32)c2ccc3c4ccccc4sc3c21. The molecule has 0 spiro atoms. The van der Waals surface area contributed by atoms with E-state index >= 15 is 0 Å². The molecule has 374 valence electrons. The minimum atomic E-state index is 0.372. The van der Waals surface area contributed by atoms with E-state index in [4.69, 9.17) is 9.26 Å². The van der Waals surface area contributed by atoms with Crippen molar-refractivity contribution in [3.05, 3.63) is 260 Å². The molecular formula is C74H40N4OS2. The summed E-state index contributed by atoms with van der Waals surface area (Å²) in [5.41, 5.74) is 14.6. The molecule has 0 atom stereocenters. The van der Waals surface area contributed by atoms with Gasteiger partial charge in [0.1, 0.15) is 11.7 Å². The molecule has 0 bridgehead atoms. The Morgan fingerprint density at radius 1 is 0.370 bits per heavy atom. The van der Waals surface area contributed by atoms with Crippen LogP contribution >= 0.6 is 22.7 Å². The molecule has 5 aromatic heterocycles. The number of nitrogens with zero attached hydrogens (tertiary/aromatic N) is 4. The van der Waals surface area contributed by atoms with Gasteiger partial charge in [0.05, 0.1) is 55.0 Å². The fourth-order valence-electron chi connectivity index (χ4n) is 13.3. The normalized spacial score (nSPS) is 11.9. The third-order valence-electron chi connectivity index (χ3n) is 16.6. The lowest BCUT2D eigenvalue weighted by Gasteiger charge is -2.26. The van der Waals surface area contributed by atoms with E-state index in [0.29, 0.717) is 28.1 Å². The summed E-state index contributed by atoms with van der Waals surface area (Å²) in [5.74, 6) is 0. The lowest BCUT2D eigenvalue weighted by atomic mass is 9.88. The van der Waals surface area contributed by atoms with Crippen molar-refractivity contribution < 1.29 is 4.42 Å². The summed E-state index contributed by atoms with van der Waals surface area (Å²) in [6.45, 7) is 9.87. The molecule has 0 radical (unpaired) electrons. The van der Waals surface area contributed by atoms with E-state index < -0.39 is 0 Å². The van der Waals surface area contributed by atoms with Crippen molar-refractivity contribution in [1.29, 1.82) is 5.26 Å². The van der Waals surface area contributed by atoms with Crippen LogP contribution in [0.25, 0.3) is 167 Å². The van der Waals surface area contributed by atoms with Crippen LogP contribution < -0.4 is 0 Å². The van der Waals surface area contributed by atoms with Crippen LogP contribution in [-0.4, -0.2) is 9.13 Å². The third kappa shape index (κ3) is 6.39. The van der Waals surface area contributed by atoms with Gasteiger partial charge in [0, 0.05) is 80.0 Å². The van der Waals surface area contributed by atoms with Crippen LogP contribution in [0.5, 0.6) is 0 Å². The standard InChI is InChI=1S/C74H40N4OS2/c1-76-65-64(45-24-9-4-10-25-45)71(77-66-51(47-27-12-11-26-46(47)43-20-5-2-6-21-43)31-19-32-52(66)53-36-39-56-48-28-13-16-33-60(48)79-72(56)68(53)77)63(44-22-7-3-8-23-44)59(42-75)67(65)78-69-54(37-40-57-49-29-14-17-34-61(49)80-73(57)69)55-38-41-58-50-30-15-18-35-62(50)81-74(58)70(55)78/h2-41H. The molecule has 81 heavy (non-hydrogen) atoms. The van der Waals surface area contributed by atoms with Crippen molar-refractivity contribution in [2.75, 3.05) is 0 Å². The zero-order valence-corrected chi connectivity index (χ0v) is 44.7. The second-order valence-corrected chi connectivity index (χ2v) is 22.8. The van der Waals surface area contributed by atoms with Gasteiger partial charge in [-0.25, -0.2) is 4.85 Å². The molecule has 17 rings (SSSR count). The zero-order chi connectivity index (χ0) is 53.4. The van der Waals surface area contributed by atoms with Gasteiger partial charge in [-0.1, -0.05) is 218 Å². The molecule has 12 aromatic carbocycles. The fraction of sp³-hybridized carbons (Fsp3) is 0. The summed E-state index contributed by atoms with van der Waals surface area (Å²) in [6.07, 6.45) is 0. The molecule has 0 aliphatic carbocycles. The van der Waals surface area contributed by atoms with Crippen LogP contribution in [0.1, 0.15) is 5.56 Å². The van der Waals surface area contributed by atoms with Crippen molar-refractivity contribution in [2.45, 2.75) is 0 Å². The first-order valence-electron chi connectivity index (χ1n) is 27.0. The number of hydrogen-bond donors (Lipinski definition) is 0. The molecule has 0 saturated carbocycles. The lowest BCUT2D eigenvalue weighted by molar-refractivity contribution is 0.671. The van der Waals surface area contributed by atoms with Crippen LogP contribution in [0.2, 0.25) is 0 Å². The van der Waals surface area contributed by atoms with Crippen LogP contribution in [0, 0.1) is 17.9 Å². The number of furan rings is 1. The average molecular weight is 1070 g/mol. The van der Waals surface area contributed by atoms with E-state index in [2.05, 4.69) is 234 Å². The molecule has 0 aliphatic rings. The first-order valence-corrected chi connectivity index (χ1v) is 28.6. The molecule has 5 heterocycles. The van der Waals surface area contributed by atoms with Crippen molar-refractivity contribution in [2.24, 2.45) is 0 Å². The Labute approximate surface area is 471 Å². The Kier molecular flexibility index (Phi) is 9.82. The van der Waals surface area contributed by atoms with Gasteiger partial charge in [-0.2, -0.15) is 5.26 Å². The van der Waals surface area contributed by atoms with E-state index in [-0.39, 0.29) is 0 Å². The highest BCUT2D eigenvalue weighted by molar-refractivity contribution is 7.27. The van der Waals surface area contributed by atoms with E-state index in [1.165, 1.54) is 20.2 Å². The van der Waals surface area contributed by atoms with Crippen LogP contribution in [-0.2, 0) is 0 Å². The molecule has 0 amide bonds. The maximum absolute atomic E-state index is 12.7. The quantitative estimate of drug-likeness (QED) is 0.156. The van der Waals surface area contributed by atoms with Gasteiger partial charge in [-0.15, -0.1) is 22.7 Å². The van der Waals surface area contributed by atoms with Gasteiger partial charge < -0.3 is 13.6 Å². The lowest BCUT2D eigenvalue weighted by Crippen LogP contribution is -2.09. The van der Waals surface area contributed by atoms with Crippen molar-refractivity contribution in [3.8, 4) is 62.0 Å². The Bertz CT molecular complexity index is 5400. The van der Waals surface area contributed by atoms with E-state index in [1.807, 2.05) is 24.3 Å². The monoisotopic (exact) mass is 1060 g/mol. The van der Waals surface area contributed by atoms with Gasteiger partial charge in [-0.3, -0.25) is 0 Å². The molecule has 5 nitrogen and oxygen atoms in total. The molecule has 0 unspecified atom stereocenters. The third-order valence-corrected chi connectivity index (χ3v) is 19.0. The second kappa shape index (κ2) is 17.5. The predicted molar refractivity (Wildman–Crippen MR) is 341 cm³/mol. The number of aromatic nitrogens is 2. The number of rotatable bonds is 6. The number of benzene rings is 12. The summed E-state index contributed by atoms with van der Waals surface area (Å²) in [4.78, 5) is 4.82. The maximum atomic E-state index is 12.7. The highest BCUT2D eigenvalue weighted by Gasteiger charge is 2.34. The van der Waals surface area contributed by atoms with E-state index in [9.17, 15) is 11.8 Å². The molecule has 0 saturated heterocycles.